The molecule has 0 aliphatic heterocycles. The Labute approximate surface area is 50.7 Å². The minimum Gasteiger partial charge on any atom is -0.453 e. The number of hydrogen-bond donors (Lipinski definition) is 0. The molecule has 0 N–H and O–H groups in total. The highest BCUT2D eigenvalue weighted by Gasteiger charge is 1.85. The van der Waals surface area contributed by atoms with Crippen molar-refractivity contribution in [3.05, 3.63) is 33.8 Å². The molecule has 0 radical (unpaired) electrons. The van der Waals surface area contributed by atoms with E-state index in [0.717, 1.165) is 0 Å². The van der Waals surface area contributed by atoms with Gasteiger partial charge in [0, 0.05) is 12.1 Å². The van der Waals surface area contributed by atoms with Crippen LogP contribution in [0.4, 0.5) is 0 Å². The molecule has 3 heteroatoms. The second-order valence-corrected chi connectivity index (χ2v) is 1.64. The Morgan fingerprint density at radius 1 is 1.62 bits per heavy atom. The third-order valence-corrected chi connectivity index (χ3v) is 0.867. The van der Waals surface area contributed by atoms with Crippen LogP contribution in [0.1, 0.15) is 0 Å². The van der Waals surface area contributed by atoms with Crippen LogP contribution in [0.25, 0.3) is 0 Å². The second-order valence-electron chi connectivity index (χ2n) is 1.27. The average molecular weight is 131 g/mol. The highest BCUT2D eigenvalue weighted by molar-refractivity contribution is 6.28. The molecule has 0 fully saturated rings. The number of rotatable bonds is 0. The Hall–Kier alpha value is -0.760. The molecule has 0 saturated carbocycles. The molecule has 8 heavy (non-hydrogen) atoms. The van der Waals surface area contributed by atoms with E-state index in [9.17, 15) is 4.79 Å². The van der Waals surface area contributed by atoms with E-state index in [0.29, 0.717) is 0 Å². The van der Waals surface area contributed by atoms with Gasteiger partial charge in [-0.15, -0.1) is 0 Å². The van der Waals surface area contributed by atoms with Gasteiger partial charge in [0.15, 0.2) is 10.6 Å². The van der Waals surface area contributed by atoms with Crippen LogP contribution in [0.3, 0.4) is 0 Å². The van der Waals surface area contributed by atoms with Gasteiger partial charge >= 0.3 is 0 Å². The normalized spacial score (nSPS) is 9.12. The van der Waals surface area contributed by atoms with Gasteiger partial charge in [-0.05, 0) is 11.6 Å². The summed E-state index contributed by atoms with van der Waals surface area (Å²) in [6.45, 7) is 0. The topological polar surface area (TPSA) is 30.2 Å². The molecular formula is C5H3ClO2. The quantitative estimate of drug-likeness (QED) is 0.530. The van der Waals surface area contributed by atoms with Crippen LogP contribution in [-0.4, -0.2) is 0 Å². The first kappa shape index (κ1) is 5.38. The van der Waals surface area contributed by atoms with Gasteiger partial charge in [-0.1, -0.05) is 0 Å². The Bertz CT molecular complexity index is 228. The van der Waals surface area contributed by atoms with E-state index in [1.165, 1.54) is 18.4 Å². The molecule has 1 rings (SSSR count). The molecule has 0 saturated heterocycles. The van der Waals surface area contributed by atoms with Crippen LogP contribution < -0.4 is 5.43 Å². The lowest BCUT2D eigenvalue weighted by Gasteiger charge is -1.81. The van der Waals surface area contributed by atoms with Gasteiger partial charge in [0.1, 0.15) is 0 Å². The van der Waals surface area contributed by atoms with Crippen molar-refractivity contribution in [2.45, 2.75) is 0 Å². The first-order valence-electron chi connectivity index (χ1n) is 2.03. The molecule has 1 aromatic rings. The molecule has 0 aliphatic carbocycles. The number of halogens is 1. The molecule has 0 amide bonds. The summed E-state index contributed by atoms with van der Waals surface area (Å²) in [5, 5.41) is 0.123. The first-order valence-corrected chi connectivity index (χ1v) is 2.41. The first-order chi connectivity index (χ1) is 3.79. The van der Waals surface area contributed by atoms with Gasteiger partial charge in [-0.3, -0.25) is 4.79 Å². The molecule has 0 bridgehead atoms. The fraction of sp³-hybridized carbons (Fsp3) is 0. The van der Waals surface area contributed by atoms with E-state index in [2.05, 4.69) is 4.42 Å². The van der Waals surface area contributed by atoms with Gasteiger partial charge in [0.2, 0.25) is 0 Å². The van der Waals surface area contributed by atoms with Gasteiger partial charge < -0.3 is 4.42 Å². The third-order valence-electron chi connectivity index (χ3n) is 0.669. The Morgan fingerprint density at radius 3 is 2.75 bits per heavy atom. The maximum absolute atomic E-state index is 10.3. The molecule has 1 aromatic heterocycles. The van der Waals surface area contributed by atoms with Gasteiger partial charge in [-0.2, -0.15) is 0 Å². The molecule has 0 spiro atoms. The maximum Gasteiger partial charge on any atom is 0.196 e. The molecule has 0 aromatic carbocycles. The van der Waals surface area contributed by atoms with E-state index >= 15 is 0 Å². The number of hydrogen-bond acceptors (Lipinski definition) is 2. The Morgan fingerprint density at radius 2 is 2.38 bits per heavy atom. The van der Waals surface area contributed by atoms with Gasteiger partial charge in [-0.25, -0.2) is 0 Å². The summed E-state index contributed by atoms with van der Waals surface area (Å²) in [4.78, 5) is 10.3. The summed E-state index contributed by atoms with van der Waals surface area (Å²) in [5.41, 5.74) is -0.138. The molecule has 2 nitrogen and oxygen atoms in total. The SMILES string of the molecule is O=c1ccoc(Cl)c1. The van der Waals surface area contributed by atoms with E-state index in [1.807, 2.05) is 0 Å². The van der Waals surface area contributed by atoms with Crippen molar-refractivity contribution < 1.29 is 4.42 Å². The summed E-state index contributed by atoms with van der Waals surface area (Å²) in [7, 11) is 0. The lowest BCUT2D eigenvalue weighted by molar-refractivity contribution is 0.550. The van der Waals surface area contributed by atoms with Crippen LogP contribution in [0, 0.1) is 0 Å². The van der Waals surface area contributed by atoms with Crippen LogP contribution >= 0.6 is 11.6 Å². The zero-order valence-corrected chi connectivity index (χ0v) is 4.68. The summed E-state index contributed by atoms with van der Waals surface area (Å²) in [5.74, 6) is 0. The average Bonchev–Trinajstić information content (AvgIpc) is 1.64. The van der Waals surface area contributed by atoms with Crippen LogP contribution in [0.15, 0.2) is 27.6 Å². The van der Waals surface area contributed by atoms with Crippen LogP contribution in [0.2, 0.25) is 5.22 Å². The largest absolute Gasteiger partial charge is 0.453 e. The van der Waals surface area contributed by atoms with Gasteiger partial charge in [0.05, 0.1) is 6.26 Å². The van der Waals surface area contributed by atoms with Crippen molar-refractivity contribution >= 4 is 11.6 Å². The third kappa shape index (κ3) is 1.10. The highest BCUT2D eigenvalue weighted by atomic mass is 35.5. The lowest BCUT2D eigenvalue weighted by Crippen LogP contribution is -1.92. The zero-order chi connectivity index (χ0) is 5.98. The predicted octanol–water partition coefficient (Wildman–Crippen LogP) is 1.29. The molecular weight excluding hydrogens is 128 g/mol. The smallest absolute Gasteiger partial charge is 0.196 e. The molecule has 0 unspecified atom stereocenters. The van der Waals surface area contributed by atoms with Gasteiger partial charge in [0.25, 0.3) is 0 Å². The minimum atomic E-state index is -0.138. The Balaban J connectivity index is 3.28. The predicted molar refractivity (Wildman–Crippen MR) is 30.0 cm³/mol. The molecule has 42 valence electrons. The minimum absolute atomic E-state index is 0.123. The summed E-state index contributed by atoms with van der Waals surface area (Å²) < 4.78 is 4.57. The lowest BCUT2D eigenvalue weighted by atomic mass is 10.5. The van der Waals surface area contributed by atoms with Crippen molar-refractivity contribution in [3.8, 4) is 0 Å². The van der Waals surface area contributed by atoms with Crippen molar-refractivity contribution in [2.24, 2.45) is 0 Å². The van der Waals surface area contributed by atoms with Crippen molar-refractivity contribution in [1.29, 1.82) is 0 Å². The van der Waals surface area contributed by atoms with E-state index in [1.54, 1.807) is 0 Å². The van der Waals surface area contributed by atoms with E-state index < -0.39 is 0 Å². The zero-order valence-electron chi connectivity index (χ0n) is 3.93. The van der Waals surface area contributed by atoms with E-state index in [-0.39, 0.29) is 10.6 Å². The molecule has 0 aliphatic rings. The van der Waals surface area contributed by atoms with Crippen molar-refractivity contribution in [1.82, 2.24) is 0 Å². The summed E-state index contributed by atoms with van der Waals surface area (Å²) >= 11 is 5.28. The maximum atomic E-state index is 10.3. The highest BCUT2D eigenvalue weighted by Crippen LogP contribution is 2.00. The fourth-order valence-electron chi connectivity index (χ4n) is 0.360. The molecule has 0 atom stereocenters. The van der Waals surface area contributed by atoms with Crippen molar-refractivity contribution in [3.63, 3.8) is 0 Å². The van der Waals surface area contributed by atoms with Crippen LogP contribution in [0.5, 0.6) is 0 Å². The summed E-state index contributed by atoms with van der Waals surface area (Å²) in [6.07, 6.45) is 1.25. The fourth-order valence-corrected chi connectivity index (χ4v) is 0.519. The second kappa shape index (κ2) is 2.01. The van der Waals surface area contributed by atoms with E-state index in [4.69, 9.17) is 11.6 Å². The van der Waals surface area contributed by atoms with Crippen molar-refractivity contribution in [2.75, 3.05) is 0 Å². The monoisotopic (exact) mass is 130 g/mol. The van der Waals surface area contributed by atoms with Crippen LogP contribution in [-0.2, 0) is 0 Å². The standard InChI is InChI=1S/C5H3ClO2/c6-5-3-4(7)1-2-8-5/h1-3H. The molecule has 1 heterocycles. The summed E-state index contributed by atoms with van der Waals surface area (Å²) in [6, 6.07) is 2.51. The Kier molecular flexibility index (Phi) is 1.35.